The number of nitrogens with one attached hydrogen (secondary N) is 2. The maximum Gasteiger partial charge on any atom is 0.159 e. The van der Waals surface area contributed by atoms with E-state index in [2.05, 4.69) is 29.4 Å². The molecule has 0 amide bonds. The van der Waals surface area contributed by atoms with Crippen LogP contribution in [0.25, 0.3) is 0 Å². The van der Waals surface area contributed by atoms with Crippen molar-refractivity contribution in [1.29, 1.82) is 5.41 Å². The molecule has 0 aliphatic carbocycles. The third kappa shape index (κ3) is 10.8. The third-order valence-corrected chi connectivity index (χ3v) is 2.88. The molecule has 109 valence electrons. The number of hydrogen-bond acceptors (Lipinski definition) is 4. The normalized spacial score (nSPS) is 11.7. The van der Waals surface area contributed by atoms with E-state index in [9.17, 15) is 0 Å². The maximum absolute atomic E-state index is 6.33. The molecule has 5 heteroatoms. The van der Waals surface area contributed by atoms with E-state index in [0.717, 1.165) is 29.6 Å². The number of aryl methyl sites for hydroxylation is 1. The van der Waals surface area contributed by atoms with Gasteiger partial charge >= 0.3 is 0 Å². The molecule has 2 N–H and O–H groups in total. The van der Waals surface area contributed by atoms with Gasteiger partial charge in [-0.3, -0.25) is 4.99 Å². The number of benzene rings is 1. The van der Waals surface area contributed by atoms with Crippen molar-refractivity contribution >= 4 is 28.8 Å². The summed E-state index contributed by atoms with van der Waals surface area (Å²) in [5.74, 6) is 1.09. The topological polar surface area (TPSA) is 48.2 Å². The standard InChI is InChI=1S/C10H11N2S.C3H7N.C2H6.Pr/c1-8-3-2-4-9(7-8)12-10-11-5-6-13-10;1-2-3-4;1-2;/h2-3,7H,5-6H2,1H3,(H,11,12);3-4H,2H2,1H3;1-2H3;/q-1;;;. The largest absolute Gasteiger partial charge is 0.358 e. The van der Waals surface area contributed by atoms with E-state index in [1.54, 1.807) is 11.8 Å². The fourth-order valence-corrected chi connectivity index (χ4v) is 1.92. The van der Waals surface area contributed by atoms with E-state index in [1.165, 1.54) is 11.8 Å². The van der Waals surface area contributed by atoms with Crippen molar-refractivity contribution in [3.63, 3.8) is 0 Å². The molecular weight excluding hydrogens is 395 g/mol. The SMILES string of the molecule is CC.CCC=N.Cc1cc[c-]c(NC2=NCCS2)c1.[Pr]. The summed E-state index contributed by atoms with van der Waals surface area (Å²) in [5, 5.41) is 10.6. The average molecular weight is 419 g/mol. The first kappa shape index (κ1) is 22.4. The minimum atomic E-state index is 0. The van der Waals surface area contributed by atoms with E-state index in [-0.39, 0.29) is 41.3 Å². The average Bonchev–Trinajstić information content (AvgIpc) is 2.94. The number of amidine groups is 1. The van der Waals surface area contributed by atoms with Gasteiger partial charge in [-0.1, -0.05) is 45.1 Å². The van der Waals surface area contributed by atoms with Crippen molar-refractivity contribution in [1.82, 2.24) is 0 Å². The minimum absolute atomic E-state index is 0. The Morgan fingerprint density at radius 2 is 2.15 bits per heavy atom. The molecule has 2 rings (SSSR count). The second kappa shape index (κ2) is 15.5. The number of rotatable bonds is 2. The Morgan fingerprint density at radius 3 is 2.60 bits per heavy atom. The van der Waals surface area contributed by atoms with Crippen LogP contribution in [0.2, 0.25) is 0 Å². The van der Waals surface area contributed by atoms with Gasteiger partial charge in [0, 0.05) is 47.0 Å². The van der Waals surface area contributed by atoms with Crippen LogP contribution in [-0.4, -0.2) is 23.7 Å². The molecule has 1 heterocycles. The summed E-state index contributed by atoms with van der Waals surface area (Å²) in [6, 6.07) is 9.17. The number of aliphatic imine (C=N–C) groups is 1. The second-order valence-corrected chi connectivity index (χ2v) is 4.64. The van der Waals surface area contributed by atoms with Crippen LogP contribution < -0.4 is 5.32 Å². The van der Waals surface area contributed by atoms with Crippen LogP contribution in [0.3, 0.4) is 0 Å². The molecule has 1 aromatic rings. The van der Waals surface area contributed by atoms with Gasteiger partial charge in [0.05, 0.1) is 6.54 Å². The summed E-state index contributed by atoms with van der Waals surface area (Å²) in [6.45, 7) is 8.94. The molecule has 1 aromatic carbocycles. The summed E-state index contributed by atoms with van der Waals surface area (Å²) < 4.78 is 0. The van der Waals surface area contributed by atoms with Gasteiger partial charge in [0.2, 0.25) is 0 Å². The van der Waals surface area contributed by atoms with E-state index >= 15 is 0 Å². The first-order valence-corrected chi connectivity index (χ1v) is 7.66. The smallest absolute Gasteiger partial charge is 0.159 e. The number of anilines is 1. The zero-order chi connectivity index (χ0) is 14.5. The van der Waals surface area contributed by atoms with Crippen LogP contribution >= 0.6 is 11.8 Å². The second-order valence-electron chi connectivity index (χ2n) is 3.55. The molecule has 1 aliphatic rings. The zero-order valence-corrected chi connectivity index (χ0v) is 17.4. The Kier molecular flexibility index (Phi) is 17.3. The summed E-state index contributed by atoms with van der Waals surface area (Å²) >= 11 is 1.76. The first-order chi connectivity index (χ1) is 9.26. The molecular formula is C15H24N3PrS-. The van der Waals surface area contributed by atoms with Crippen molar-refractivity contribution in [2.45, 2.75) is 34.1 Å². The number of thioether (sulfide) groups is 1. The zero-order valence-electron chi connectivity index (χ0n) is 12.9. The Bertz CT molecular complexity index is 394. The van der Waals surface area contributed by atoms with Gasteiger partial charge in [-0.15, -0.1) is 6.07 Å². The molecule has 1 aliphatic heterocycles. The van der Waals surface area contributed by atoms with E-state index in [0.29, 0.717) is 0 Å². The van der Waals surface area contributed by atoms with Gasteiger partial charge in [0.1, 0.15) is 0 Å². The third-order valence-electron chi connectivity index (χ3n) is 1.99. The molecule has 1 radical (unpaired) electrons. The van der Waals surface area contributed by atoms with Crippen LogP contribution in [-0.2, 0) is 0 Å². The van der Waals surface area contributed by atoms with Gasteiger partial charge in [0.15, 0.2) is 5.17 Å². The predicted octanol–water partition coefficient (Wildman–Crippen LogP) is 4.38. The maximum atomic E-state index is 6.33. The Hall–Kier alpha value is 0.0736. The van der Waals surface area contributed by atoms with Crippen molar-refractivity contribution in [3.8, 4) is 0 Å². The van der Waals surface area contributed by atoms with Crippen molar-refractivity contribution < 1.29 is 41.3 Å². The van der Waals surface area contributed by atoms with Gasteiger partial charge in [-0.05, 0) is 12.6 Å². The molecule has 3 nitrogen and oxygen atoms in total. The molecule has 0 spiro atoms. The molecule has 0 bridgehead atoms. The minimum Gasteiger partial charge on any atom is -0.358 e. The number of nitrogens with zero attached hydrogens (tertiary/aromatic N) is 1. The molecule has 0 saturated carbocycles. The Labute approximate surface area is 160 Å². The van der Waals surface area contributed by atoms with Gasteiger partial charge in [0.25, 0.3) is 0 Å². The van der Waals surface area contributed by atoms with Crippen LogP contribution in [0, 0.1) is 59.7 Å². The van der Waals surface area contributed by atoms with Crippen LogP contribution in [0.1, 0.15) is 32.8 Å². The van der Waals surface area contributed by atoms with E-state index in [4.69, 9.17) is 5.41 Å². The molecule has 0 aromatic heterocycles. The monoisotopic (exact) mass is 419 g/mol. The fraction of sp³-hybridized carbons (Fsp3) is 0.467. The Morgan fingerprint density at radius 1 is 1.50 bits per heavy atom. The van der Waals surface area contributed by atoms with Crippen LogP contribution in [0.4, 0.5) is 5.69 Å². The molecule has 0 unspecified atom stereocenters. The van der Waals surface area contributed by atoms with Gasteiger partial charge in [-0.2, -0.15) is 23.8 Å². The number of hydrogen-bond donors (Lipinski definition) is 2. The summed E-state index contributed by atoms with van der Waals surface area (Å²) in [5.41, 5.74) is 2.25. The fourth-order valence-electron chi connectivity index (χ4n) is 1.18. The quantitative estimate of drug-likeness (QED) is 0.552. The van der Waals surface area contributed by atoms with E-state index < -0.39 is 0 Å². The molecule has 0 fully saturated rings. The predicted molar refractivity (Wildman–Crippen MR) is 88.8 cm³/mol. The van der Waals surface area contributed by atoms with Gasteiger partial charge in [-0.25, -0.2) is 0 Å². The van der Waals surface area contributed by atoms with Crippen molar-refractivity contribution in [2.75, 3.05) is 17.6 Å². The van der Waals surface area contributed by atoms with Crippen LogP contribution in [0.5, 0.6) is 0 Å². The first-order valence-electron chi connectivity index (χ1n) is 6.67. The summed E-state index contributed by atoms with van der Waals surface area (Å²) in [6.07, 6.45) is 2.24. The van der Waals surface area contributed by atoms with E-state index in [1.807, 2.05) is 32.9 Å². The summed E-state index contributed by atoms with van der Waals surface area (Å²) in [4.78, 5) is 4.31. The Balaban J connectivity index is 0. The van der Waals surface area contributed by atoms with Gasteiger partial charge < -0.3 is 10.7 Å². The molecule has 0 atom stereocenters. The molecule has 0 saturated heterocycles. The van der Waals surface area contributed by atoms with Crippen LogP contribution in [0.15, 0.2) is 23.2 Å². The van der Waals surface area contributed by atoms with Crippen molar-refractivity contribution in [3.05, 3.63) is 29.8 Å². The molecule has 20 heavy (non-hydrogen) atoms. The van der Waals surface area contributed by atoms with Crippen molar-refractivity contribution in [2.24, 2.45) is 4.99 Å². The summed E-state index contributed by atoms with van der Waals surface area (Å²) in [7, 11) is 0.